The van der Waals surface area contributed by atoms with E-state index in [4.69, 9.17) is 10.7 Å². The number of nitrogens with two attached hydrogens (primary N) is 1. The average molecular weight is 392 g/mol. The van der Waals surface area contributed by atoms with Gasteiger partial charge in [-0.05, 0) is 32.0 Å². The second-order valence-corrected chi connectivity index (χ2v) is 7.48. The molecule has 0 saturated heterocycles. The Morgan fingerprint density at radius 2 is 2.03 bits per heavy atom. The molecule has 1 aliphatic rings. The van der Waals surface area contributed by atoms with Crippen molar-refractivity contribution >= 4 is 17.5 Å². The number of pyridine rings is 2. The van der Waals surface area contributed by atoms with E-state index in [1.165, 1.54) is 0 Å². The molecule has 150 valence electrons. The summed E-state index contributed by atoms with van der Waals surface area (Å²) in [6, 6.07) is 7.59. The van der Waals surface area contributed by atoms with Gasteiger partial charge in [0.25, 0.3) is 5.91 Å². The molecular formula is C20H24N8O. The lowest BCUT2D eigenvalue weighted by atomic mass is 10.1. The largest absolute Gasteiger partial charge is 0.363 e. The number of carbonyl (C=O) groups is 1. The van der Waals surface area contributed by atoms with Crippen molar-refractivity contribution in [3.05, 3.63) is 47.4 Å². The zero-order chi connectivity index (χ0) is 20.7. The van der Waals surface area contributed by atoms with Gasteiger partial charge in [-0.2, -0.15) is 0 Å². The maximum atomic E-state index is 13.2. The maximum absolute atomic E-state index is 13.2. The summed E-state index contributed by atoms with van der Waals surface area (Å²) in [5, 5.41) is 8.22. The second kappa shape index (κ2) is 7.25. The van der Waals surface area contributed by atoms with Crippen LogP contribution in [0.1, 0.15) is 41.5 Å². The lowest BCUT2D eigenvalue weighted by Crippen LogP contribution is -2.24. The highest BCUT2D eigenvalue weighted by molar-refractivity contribution is 6.10. The molecule has 0 bridgehead atoms. The van der Waals surface area contributed by atoms with Crippen LogP contribution in [0, 0.1) is 0 Å². The van der Waals surface area contributed by atoms with Gasteiger partial charge >= 0.3 is 0 Å². The lowest BCUT2D eigenvalue weighted by molar-refractivity contribution is 0.0996. The topological polar surface area (TPSA) is 106 Å². The Morgan fingerprint density at radius 1 is 1.24 bits per heavy atom. The van der Waals surface area contributed by atoms with Crippen molar-refractivity contribution in [3.8, 4) is 11.5 Å². The third-order valence-corrected chi connectivity index (χ3v) is 5.01. The van der Waals surface area contributed by atoms with E-state index < -0.39 is 0 Å². The first-order valence-corrected chi connectivity index (χ1v) is 9.49. The number of anilines is 2. The standard InChI is InChI=1S/C20H24N8O/c1-12(2)28-11-22-25-19(28)15-6-5-7-17(23-15)27-10-14-13(20(27)29)8-18(26(3)4)24-16(14)9-21/h5-8,11-12H,9-10,21H2,1-4H3. The minimum Gasteiger partial charge on any atom is -0.363 e. The molecule has 0 radical (unpaired) electrons. The molecule has 0 aromatic carbocycles. The van der Waals surface area contributed by atoms with Crippen LogP contribution in [0.5, 0.6) is 0 Å². The van der Waals surface area contributed by atoms with Crippen LogP contribution in [0.15, 0.2) is 30.6 Å². The van der Waals surface area contributed by atoms with Gasteiger partial charge < -0.3 is 15.2 Å². The second-order valence-electron chi connectivity index (χ2n) is 7.48. The Hall–Kier alpha value is -3.33. The number of rotatable bonds is 5. The normalized spacial score (nSPS) is 13.3. The summed E-state index contributed by atoms with van der Waals surface area (Å²) in [6.45, 7) is 4.78. The monoisotopic (exact) mass is 392 g/mol. The summed E-state index contributed by atoms with van der Waals surface area (Å²) in [6.07, 6.45) is 1.69. The highest BCUT2D eigenvalue weighted by Gasteiger charge is 2.32. The van der Waals surface area contributed by atoms with Crippen LogP contribution in [0.2, 0.25) is 0 Å². The molecule has 29 heavy (non-hydrogen) atoms. The van der Waals surface area contributed by atoms with E-state index in [1.807, 2.05) is 47.8 Å². The summed E-state index contributed by atoms with van der Waals surface area (Å²) >= 11 is 0. The van der Waals surface area contributed by atoms with Crippen molar-refractivity contribution in [1.82, 2.24) is 24.7 Å². The number of aromatic nitrogens is 5. The zero-order valence-corrected chi connectivity index (χ0v) is 17.0. The Kier molecular flexibility index (Phi) is 4.75. The van der Waals surface area contributed by atoms with Gasteiger partial charge in [-0.15, -0.1) is 10.2 Å². The van der Waals surface area contributed by atoms with Crippen LogP contribution in [-0.2, 0) is 13.1 Å². The fourth-order valence-electron chi connectivity index (χ4n) is 3.44. The molecule has 0 spiro atoms. The van der Waals surface area contributed by atoms with E-state index in [1.54, 1.807) is 11.2 Å². The van der Waals surface area contributed by atoms with Crippen LogP contribution in [0.4, 0.5) is 11.6 Å². The molecular weight excluding hydrogens is 368 g/mol. The average Bonchev–Trinajstić information content (AvgIpc) is 3.33. The number of fused-ring (bicyclic) bond motifs is 1. The van der Waals surface area contributed by atoms with Crippen LogP contribution >= 0.6 is 0 Å². The molecule has 0 unspecified atom stereocenters. The number of nitrogens with zero attached hydrogens (tertiary/aromatic N) is 7. The fraction of sp³-hybridized carbons (Fsp3) is 0.350. The van der Waals surface area contributed by atoms with Crippen LogP contribution in [-0.4, -0.2) is 44.7 Å². The number of hydrogen-bond acceptors (Lipinski definition) is 7. The predicted molar refractivity (Wildman–Crippen MR) is 111 cm³/mol. The molecule has 1 amide bonds. The Bertz CT molecular complexity index is 1070. The summed E-state index contributed by atoms with van der Waals surface area (Å²) < 4.78 is 1.95. The molecule has 4 heterocycles. The SMILES string of the molecule is CC(C)n1cnnc1-c1cccc(N2Cc3c(cc(N(C)C)nc3CN)C2=O)n1. The number of hydrogen-bond donors (Lipinski definition) is 1. The molecule has 2 N–H and O–H groups in total. The van der Waals surface area contributed by atoms with Crippen molar-refractivity contribution in [3.63, 3.8) is 0 Å². The molecule has 0 atom stereocenters. The number of carbonyl (C=O) groups excluding carboxylic acids is 1. The van der Waals surface area contributed by atoms with E-state index >= 15 is 0 Å². The van der Waals surface area contributed by atoms with Crippen molar-refractivity contribution < 1.29 is 4.79 Å². The van der Waals surface area contributed by atoms with Gasteiger partial charge in [-0.3, -0.25) is 9.69 Å². The molecule has 3 aromatic rings. The van der Waals surface area contributed by atoms with Crippen molar-refractivity contribution in [1.29, 1.82) is 0 Å². The van der Waals surface area contributed by atoms with E-state index in [-0.39, 0.29) is 18.5 Å². The number of amides is 1. The molecule has 0 fully saturated rings. The van der Waals surface area contributed by atoms with Gasteiger partial charge in [-0.1, -0.05) is 6.07 Å². The van der Waals surface area contributed by atoms with E-state index in [2.05, 4.69) is 29.0 Å². The van der Waals surface area contributed by atoms with E-state index in [9.17, 15) is 4.79 Å². The molecule has 1 aliphatic heterocycles. The first kappa shape index (κ1) is 19.0. The Morgan fingerprint density at radius 3 is 2.72 bits per heavy atom. The molecule has 9 heteroatoms. The summed E-state index contributed by atoms with van der Waals surface area (Å²) in [5.74, 6) is 1.85. The van der Waals surface area contributed by atoms with Crippen LogP contribution in [0.3, 0.4) is 0 Å². The van der Waals surface area contributed by atoms with Gasteiger partial charge in [0, 0.05) is 32.2 Å². The first-order chi connectivity index (χ1) is 13.9. The summed E-state index contributed by atoms with van der Waals surface area (Å²) in [7, 11) is 3.78. The summed E-state index contributed by atoms with van der Waals surface area (Å²) in [4.78, 5) is 26.0. The third-order valence-electron chi connectivity index (χ3n) is 5.01. The van der Waals surface area contributed by atoms with Crippen LogP contribution in [0.25, 0.3) is 11.5 Å². The van der Waals surface area contributed by atoms with Crippen molar-refractivity contribution in [2.24, 2.45) is 5.73 Å². The van der Waals surface area contributed by atoms with Crippen molar-refractivity contribution in [2.45, 2.75) is 33.0 Å². The molecule has 0 aliphatic carbocycles. The molecule has 0 saturated carbocycles. The van der Waals surface area contributed by atoms with Gasteiger partial charge in [-0.25, -0.2) is 9.97 Å². The van der Waals surface area contributed by atoms with E-state index in [0.29, 0.717) is 35.3 Å². The van der Waals surface area contributed by atoms with Gasteiger partial charge in [0.15, 0.2) is 5.82 Å². The van der Waals surface area contributed by atoms with Gasteiger partial charge in [0.05, 0.1) is 17.8 Å². The summed E-state index contributed by atoms with van der Waals surface area (Å²) in [5.41, 5.74) is 8.80. The minimum absolute atomic E-state index is 0.102. The van der Waals surface area contributed by atoms with Gasteiger partial charge in [0.2, 0.25) is 0 Å². The van der Waals surface area contributed by atoms with Gasteiger partial charge in [0.1, 0.15) is 23.7 Å². The maximum Gasteiger partial charge on any atom is 0.260 e. The predicted octanol–water partition coefficient (Wildman–Crippen LogP) is 2.00. The highest BCUT2D eigenvalue weighted by Crippen LogP contribution is 2.32. The smallest absolute Gasteiger partial charge is 0.260 e. The Balaban J connectivity index is 1.73. The molecule has 9 nitrogen and oxygen atoms in total. The third kappa shape index (κ3) is 3.23. The van der Waals surface area contributed by atoms with Crippen molar-refractivity contribution in [2.75, 3.05) is 23.9 Å². The first-order valence-electron chi connectivity index (χ1n) is 9.49. The highest BCUT2D eigenvalue weighted by atomic mass is 16.2. The molecule has 4 rings (SSSR count). The quantitative estimate of drug-likeness (QED) is 0.708. The van der Waals surface area contributed by atoms with Crippen LogP contribution < -0.4 is 15.5 Å². The Labute approximate surface area is 169 Å². The minimum atomic E-state index is -0.102. The lowest BCUT2D eigenvalue weighted by Gasteiger charge is -2.16. The zero-order valence-electron chi connectivity index (χ0n) is 17.0. The van der Waals surface area contributed by atoms with E-state index in [0.717, 1.165) is 11.3 Å². The molecule has 3 aromatic heterocycles. The fourth-order valence-corrected chi connectivity index (χ4v) is 3.44.